The summed E-state index contributed by atoms with van der Waals surface area (Å²) in [4.78, 5) is 43.9. The van der Waals surface area contributed by atoms with Gasteiger partial charge in [-0.05, 0) is 50.4 Å². The SMILES string of the molecule is CCCCN(CCCN)C(=O)CN1CC(c2cc(OC)c3c(c2)OCO3)C(C(=O)O)C1CCN(CC)C(C)=O. The highest BCUT2D eigenvalue weighted by molar-refractivity contribution is 5.79. The van der Waals surface area contributed by atoms with Gasteiger partial charge in [0.1, 0.15) is 0 Å². The molecule has 11 heteroatoms. The van der Waals surface area contributed by atoms with E-state index in [4.69, 9.17) is 19.9 Å². The second-order valence-corrected chi connectivity index (χ2v) is 10.2. The molecule has 0 aliphatic carbocycles. The van der Waals surface area contributed by atoms with Gasteiger partial charge in [-0.25, -0.2) is 0 Å². The topological polar surface area (TPSA) is 135 Å². The first-order valence-electron chi connectivity index (χ1n) is 13.9. The van der Waals surface area contributed by atoms with Crippen LogP contribution in [0.25, 0.3) is 0 Å². The van der Waals surface area contributed by atoms with Gasteiger partial charge in [-0.2, -0.15) is 0 Å². The maximum absolute atomic E-state index is 13.5. The third-order valence-corrected chi connectivity index (χ3v) is 7.77. The molecule has 1 aromatic rings. The lowest BCUT2D eigenvalue weighted by Gasteiger charge is -2.31. The van der Waals surface area contributed by atoms with Gasteiger partial charge in [0.2, 0.25) is 24.4 Å². The molecular formula is C28H44N4O7. The second-order valence-electron chi connectivity index (χ2n) is 10.2. The molecule has 1 saturated heterocycles. The van der Waals surface area contributed by atoms with E-state index < -0.39 is 23.8 Å². The van der Waals surface area contributed by atoms with Crippen molar-refractivity contribution in [3.8, 4) is 17.2 Å². The lowest BCUT2D eigenvalue weighted by molar-refractivity contribution is -0.144. The van der Waals surface area contributed by atoms with Crippen molar-refractivity contribution in [3.63, 3.8) is 0 Å². The number of methoxy groups -OCH3 is 1. The summed E-state index contributed by atoms with van der Waals surface area (Å²) in [5.41, 5.74) is 6.48. The van der Waals surface area contributed by atoms with Crippen molar-refractivity contribution in [1.82, 2.24) is 14.7 Å². The van der Waals surface area contributed by atoms with E-state index in [1.54, 1.807) is 11.0 Å². The molecule has 0 spiro atoms. The van der Waals surface area contributed by atoms with Gasteiger partial charge in [0.25, 0.3) is 0 Å². The molecule has 0 saturated carbocycles. The number of likely N-dealkylation sites (tertiary alicyclic amines) is 1. The van der Waals surface area contributed by atoms with Crippen LogP contribution in [0.5, 0.6) is 17.2 Å². The molecule has 11 nitrogen and oxygen atoms in total. The monoisotopic (exact) mass is 548 g/mol. The Bertz CT molecular complexity index is 996. The molecule has 1 fully saturated rings. The number of ether oxygens (including phenoxy) is 3. The molecule has 3 N–H and O–H groups in total. The number of fused-ring (bicyclic) bond motifs is 1. The van der Waals surface area contributed by atoms with Crippen LogP contribution >= 0.6 is 0 Å². The third kappa shape index (κ3) is 7.33. The smallest absolute Gasteiger partial charge is 0.308 e. The fourth-order valence-corrected chi connectivity index (χ4v) is 5.65. The van der Waals surface area contributed by atoms with Crippen LogP contribution in [-0.2, 0) is 14.4 Å². The van der Waals surface area contributed by atoms with Crippen LogP contribution < -0.4 is 19.9 Å². The van der Waals surface area contributed by atoms with Gasteiger partial charge in [-0.1, -0.05) is 13.3 Å². The summed E-state index contributed by atoms with van der Waals surface area (Å²) in [6.45, 7) is 8.71. The predicted molar refractivity (Wildman–Crippen MR) is 146 cm³/mol. The normalized spacial score (nSPS) is 20.2. The minimum Gasteiger partial charge on any atom is -0.493 e. The number of unbranched alkanes of at least 4 members (excludes halogenated alkanes) is 1. The Morgan fingerprint density at radius 1 is 1.13 bits per heavy atom. The van der Waals surface area contributed by atoms with E-state index in [1.165, 1.54) is 14.0 Å². The number of hydrogen-bond acceptors (Lipinski definition) is 8. The van der Waals surface area contributed by atoms with Crippen molar-refractivity contribution >= 4 is 17.8 Å². The number of carbonyl (C=O) groups is 3. The molecule has 0 bridgehead atoms. The molecule has 2 heterocycles. The minimum atomic E-state index is -0.937. The average molecular weight is 549 g/mol. The molecule has 2 aliphatic heterocycles. The lowest BCUT2D eigenvalue weighted by Crippen LogP contribution is -2.46. The first-order valence-corrected chi connectivity index (χ1v) is 13.9. The molecule has 2 aliphatic rings. The van der Waals surface area contributed by atoms with Crippen molar-refractivity contribution in [1.29, 1.82) is 0 Å². The number of carboxylic acid groups (broad SMARTS) is 1. The number of rotatable bonds is 15. The molecule has 0 radical (unpaired) electrons. The Kier molecular flexibility index (Phi) is 11.2. The fraction of sp³-hybridized carbons (Fsp3) is 0.679. The highest BCUT2D eigenvalue weighted by Gasteiger charge is 2.47. The van der Waals surface area contributed by atoms with Crippen LogP contribution in [0.3, 0.4) is 0 Å². The maximum Gasteiger partial charge on any atom is 0.308 e. The van der Waals surface area contributed by atoms with Crippen molar-refractivity contribution < 1.29 is 33.7 Å². The molecule has 3 unspecified atom stereocenters. The number of amides is 2. The second kappa shape index (κ2) is 14.4. The number of carboxylic acids is 1. The maximum atomic E-state index is 13.5. The van der Waals surface area contributed by atoms with E-state index in [1.807, 2.05) is 22.8 Å². The molecule has 2 amide bonds. The lowest BCUT2D eigenvalue weighted by atomic mass is 9.84. The van der Waals surface area contributed by atoms with Gasteiger partial charge in [0.15, 0.2) is 11.5 Å². The molecule has 1 aromatic carbocycles. The van der Waals surface area contributed by atoms with Crippen molar-refractivity contribution in [3.05, 3.63) is 17.7 Å². The zero-order valence-electron chi connectivity index (χ0n) is 23.7. The Labute approximate surface area is 231 Å². The van der Waals surface area contributed by atoms with E-state index in [0.29, 0.717) is 69.4 Å². The summed E-state index contributed by atoms with van der Waals surface area (Å²) in [6, 6.07) is 3.18. The molecule has 3 rings (SSSR count). The van der Waals surface area contributed by atoms with E-state index in [9.17, 15) is 19.5 Å². The van der Waals surface area contributed by atoms with Crippen LogP contribution in [0, 0.1) is 5.92 Å². The Morgan fingerprint density at radius 2 is 1.87 bits per heavy atom. The quantitative estimate of drug-likeness (QED) is 0.338. The number of nitrogens with two attached hydrogens (primary N) is 1. The van der Waals surface area contributed by atoms with E-state index in [2.05, 4.69) is 6.92 Å². The molecule has 0 aromatic heterocycles. The van der Waals surface area contributed by atoms with Crippen LogP contribution in [0.15, 0.2) is 12.1 Å². The van der Waals surface area contributed by atoms with Gasteiger partial charge in [-0.3, -0.25) is 19.3 Å². The summed E-state index contributed by atoms with van der Waals surface area (Å²) in [5.74, 6) is -0.735. The Balaban J connectivity index is 1.94. The summed E-state index contributed by atoms with van der Waals surface area (Å²) in [6.07, 6.45) is 3.00. The van der Waals surface area contributed by atoms with Gasteiger partial charge in [0.05, 0.1) is 19.6 Å². The fourth-order valence-electron chi connectivity index (χ4n) is 5.65. The van der Waals surface area contributed by atoms with Gasteiger partial charge < -0.3 is 34.9 Å². The highest BCUT2D eigenvalue weighted by atomic mass is 16.7. The molecule has 3 atom stereocenters. The summed E-state index contributed by atoms with van der Waals surface area (Å²) in [7, 11) is 1.53. The summed E-state index contributed by atoms with van der Waals surface area (Å²) in [5, 5.41) is 10.5. The standard InChI is InChI=1S/C28H44N4O7/c1-5-7-11-31(12-8-10-29)25(34)17-32-16-21(20-14-23(37-4)27-24(15-20)38-18-39-27)26(28(35)36)22(32)9-13-30(6-2)19(3)33/h14-15,21-22,26H,5-13,16-18,29H2,1-4H3,(H,35,36). The first kappa shape index (κ1) is 30.5. The van der Waals surface area contributed by atoms with Crippen LogP contribution in [-0.4, -0.2) is 103 Å². The molecular weight excluding hydrogens is 504 g/mol. The number of hydrogen-bond donors (Lipinski definition) is 2. The van der Waals surface area contributed by atoms with Crippen LogP contribution in [0.2, 0.25) is 0 Å². The van der Waals surface area contributed by atoms with E-state index in [0.717, 1.165) is 18.4 Å². The zero-order chi connectivity index (χ0) is 28.5. The van der Waals surface area contributed by atoms with Crippen molar-refractivity contribution in [2.75, 3.05) is 59.7 Å². The van der Waals surface area contributed by atoms with Crippen LogP contribution in [0.4, 0.5) is 0 Å². The van der Waals surface area contributed by atoms with Gasteiger partial charge >= 0.3 is 5.97 Å². The summed E-state index contributed by atoms with van der Waals surface area (Å²) < 4.78 is 16.6. The number of nitrogens with zero attached hydrogens (tertiary/aromatic N) is 3. The number of carbonyl (C=O) groups excluding carboxylic acids is 2. The van der Waals surface area contributed by atoms with E-state index in [-0.39, 0.29) is 25.2 Å². The Morgan fingerprint density at radius 3 is 2.49 bits per heavy atom. The third-order valence-electron chi connectivity index (χ3n) is 7.77. The Hall–Kier alpha value is -3.05. The minimum absolute atomic E-state index is 0.0335. The van der Waals surface area contributed by atoms with Gasteiger partial charge in [-0.15, -0.1) is 0 Å². The first-order chi connectivity index (χ1) is 18.7. The molecule has 218 valence electrons. The van der Waals surface area contributed by atoms with E-state index >= 15 is 0 Å². The largest absolute Gasteiger partial charge is 0.493 e. The molecule has 39 heavy (non-hydrogen) atoms. The zero-order valence-corrected chi connectivity index (χ0v) is 23.7. The number of benzene rings is 1. The highest BCUT2D eigenvalue weighted by Crippen LogP contribution is 2.47. The van der Waals surface area contributed by atoms with Crippen LogP contribution in [0.1, 0.15) is 57.9 Å². The predicted octanol–water partition coefficient (Wildman–Crippen LogP) is 2.13. The summed E-state index contributed by atoms with van der Waals surface area (Å²) >= 11 is 0. The van der Waals surface area contributed by atoms with Gasteiger partial charge in [0, 0.05) is 51.6 Å². The van der Waals surface area contributed by atoms with Crippen molar-refractivity contribution in [2.24, 2.45) is 11.7 Å². The number of aliphatic carboxylic acids is 1. The average Bonchev–Trinajstić information content (AvgIpc) is 3.53. The van der Waals surface area contributed by atoms with Crippen molar-refractivity contribution in [2.45, 2.75) is 58.4 Å².